The summed E-state index contributed by atoms with van der Waals surface area (Å²) in [6, 6.07) is 12.5. The number of aromatic nitrogens is 1. The van der Waals surface area contributed by atoms with E-state index < -0.39 is 23.0 Å². The van der Waals surface area contributed by atoms with Crippen molar-refractivity contribution in [1.29, 1.82) is 0 Å². The zero-order valence-corrected chi connectivity index (χ0v) is 14.4. The lowest BCUT2D eigenvalue weighted by Crippen LogP contribution is -2.37. The molecule has 1 heterocycles. The normalized spacial score (nSPS) is 11.4. The molecule has 0 fully saturated rings. The average molecular weight is 356 g/mol. The van der Waals surface area contributed by atoms with E-state index in [0.717, 1.165) is 17.7 Å². The third-order valence-corrected chi connectivity index (χ3v) is 4.09. The van der Waals surface area contributed by atoms with E-state index in [4.69, 9.17) is 4.42 Å². The molecule has 0 radical (unpaired) electrons. The Morgan fingerprint density at radius 3 is 2.54 bits per heavy atom. The van der Waals surface area contributed by atoms with Crippen LogP contribution in [0.5, 0.6) is 0 Å². The van der Waals surface area contributed by atoms with Crippen LogP contribution in [0.25, 0.3) is 11.5 Å². The van der Waals surface area contributed by atoms with Gasteiger partial charge in [0.2, 0.25) is 5.89 Å². The van der Waals surface area contributed by atoms with Gasteiger partial charge in [-0.1, -0.05) is 32.0 Å². The van der Waals surface area contributed by atoms with E-state index in [2.05, 4.69) is 10.3 Å². The van der Waals surface area contributed by atoms with Crippen LogP contribution in [0.1, 0.15) is 29.9 Å². The maximum atomic E-state index is 13.3. The van der Waals surface area contributed by atoms with E-state index in [0.29, 0.717) is 11.6 Å². The molecule has 4 nitrogen and oxygen atoms in total. The summed E-state index contributed by atoms with van der Waals surface area (Å²) >= 11 is 0. The van der Waals surface area contributed by atoms with Crippen LogP contribution in [0.15, 0.2) is 59.2 Å². The number of hydrogen-bond donors (Lipinski definition) is 1. The predicted molar refractivity (Wildman–Crippen MR) is 93.7 cm³/mol. The van der Waals surface area contributed by atoms with Crippen LogP contribution >= 0.6 is 0 Å². The minimum Gasteiger partial charge on any atom is -0.444 e. The van der Waals surface area contributed by atoms with Gasteiger partial charge in [0, 0.05) is 23.1 Å². The van der Waals surface area contributed by atoms with E-state index in [-0.39, 0.29) is 12.1 Å². The topological polar surface area (TPSA) is 55.1 Å². The van der Waals surface area contributed by atoms with Crippen LogP contribution in [0.4, 0.5) is 8.78 Å². The molecule has 0 aliphatic carbocycles. The molecule has 3 aromatic rings. The maximum Gasteiger partial charge on any atom is 0.251 e. The van der Waals surface area contributed by atoms with Gasteiger partial charge in [0.25, 0.3) is 5.91 Å². The van der Waals surface area contributed by atoms with Gasteiger partial charge >= 0.3 is 0 Å². The van der Waals surface area contributed by atoms with Crippen molar-refractivity contribution in [1.82, 2.24) is 10.3 Å². The lowest BCUT2D eigenvalue weighted by atomic mass is 9.90. The fraction of sp³-hybridized carbons (Fsp3) is 0.200. The molecule has 1 N–H and O–H groups in total. The van der Waals surface area contributed by atoms with Crippen molar-refractivity contribution >= 4 is 5.91 Å². The Labute approximate surface area is 149 Å². The Morgan fingerprint density at radius 2 is 1.85 bits per heavy atom. The van der Waals surface area contributed by atoms with Crippen LogP contribution in [0.3, 0.4) is 0 Å². The highest BCUT2D eigenvalue weighted by Crippen LogP contribution is 2.26. The summed E-state index contributed by atoms with van der Waals surface area (Å²) in [6.07, 6.45) is 1.56. The number of rotatable bonds is 5. The SMILES string of the molecule is CC(C)(CNC(=O)c1ccc(F)c(F)c1)c1coc(-c2ccccc2)n1. The third kappa shape index (κ3) is 3.79. The van der Waals surface area contributed by atoms with Crippen LogP contribution in [-0.4, -0.2) is 17.4 Å². The van der Waals surface area contributed by atoms with Gasteiger partial charge in [-0.2, -0.15) is 0 Å². The Hall–Kier alpha value is -3.02. The summed E-state index contributed by atoms with van der Waals surface area (Å²) in [6.45, 7) is 4.07. The number of carbonyl (C=O) groups excluding carboxylic acids is 1. The average Bonchev–Trinajstić information content (AvgIpc) is 3.14. The number of hydrogen-bond acceptors (Lipinski definition) is 3. The molecule has 0 atom stereocenters. The molecular weight excluding hydrogens is 338 g/mol. The lowest BCUT2D eigenvalue weighted by molar-refractivity contribution is 0.0944. The fourth-order valence-electron chi connectivity index (χ4n) is 2.43. The zero-order chi connectivity index (χ0) is 18.7. The number of halogens is 2. The van der Waals surface area contributed by atoms with Gasteiger partial charge in [0.15, 0.2) is 11.6 Å². The Balaban J connectivity index is 1.70. The monoisotopic (exact) mass is 356 g/mol. The molecular formula is C20H18F2N2O2. The molecule has 0 unspecified atom stereocenters. The van der Waals surface area contributed by atoms with Crippen molar-refractivity contribution < 1.29 is 18.0 Å². The number of benzene rings is 2. The molecule has 0 bridgehead atoms. The van der Waals surface area contributed by atoms with Gasteiger partial charge in [0.1, 0.15) is 6.26 Å². The van der Waals surface area contributed by atoms with E-state index >= 15 is 0 Å². The first kappa shape index (κ1) is 17.8. The Kier molecular flexibility index (Phi) is 4.84. The van der Waals surface area contributed by atoms with E-state index in [1.807, 2.05) is 44.2 Å². The molecule has 1 amide bonds. The predicted octanol–water partition coefficient (Wildman–Crippen LogP) is 4.33. The standard InChI is InChI=1S/C20H18F2N2O2/c1-20(2,12-23-18(25)14-8-9-15(21)16(22)10-14)17-11-26-19(24-17)13-6-4-3-5-7-13/h3-11H,12H2,1-2H3,(H,23,25). The van der Waals surface area contributed by atoms with Crippen molar-refractivity contribution in [2.24, 2.45) is 0 Å². The highest BCUT2D eigenvalue weighted by molar-refractivity contribution is 5.94. The van der Waals surface area contributed by atoms with Gasteiger partial charge in [-0.3, -0.25) is 4.79 Å². The molecule has 0 spiro atoms. The molecule has 3 rings (SSSR count). The van der Waals surface area contributed by atoms with Crippen LogP contribution < -0.4 is 5.32 Å². The van der Waals surface area contributed by atoms with Crippen molar-refractivity contribution in [3.05, 3.63) is 77.7 Å². The summed E-state index contributed by atoms with van der Waals surface area (Å²) in [5, 5.41) is 2.72. The van der Waals surface area contributed by atoms with Gasteiger partial charge in [-0.05, 0) is 30.3 Å². The zero-order valence-electron chi connectivity index (χ0n) is 14.4. The quantitative estimate of drug-likeness (QED) is 0.740. The molecule has 1 aromatic heterocycles. The second kappa shape index (κ2) is 7.07. The number of amides is 1. The summed E-state index contributed by atoms with van der Waals surface area (Å²) in [5.74, 6) is -2.02. The summed E-state index contributed by atoms with van der Waals surface area (Å²) in [4.78, 5) is 16.7. The highest BCUT2D eigenvalue weighted by Gasteiger charge is 2.26. The molecule has 0 saturated carbocycles. The highest BCUT2D eigenvalue weighted by atomic mass is 19.2. The molecule has 134 valence electrons. The van der Waals surface area contributed by atoms with Crippen LogP contribution in [0, 0.1) is 11.6 Å². The number of nitrogens with zero attached hydrogens (tertiary/aromatic N) is 1. The minimum absolute atomic E-state index is 0.0600. The minimum atomic E-state index is -1.05. The van der Waals surface area contributed by atoms with E-state index in [1.165, 1.54) is 6.07 Å². The summed E-state index contributed by atoms with van der Waals surface area (Å²) in [7, 11) is 0. The first-order valence-corrected chi connectivity index (χ1v) is 8.11. The van der Waals surface area contributed by atoms with Crippen molar-refractivity contribution in [3.8, 4) is 11.5 Å². The van der Waals surface area contributed by atoms with Crippen LogP contribution in [0.2, 0.25) is 0 Å². The van der Waals surface area contributed by atoms with Gasteiger partial charge in [0.05, 0.1) is 5.69 Å². The third-order valence-electron chi connectivity index (χ3n) is 4.09. The molecule has 2 aromatic carbocycles. The van der Waals surface area contributed by atoms with Gasteiger partial charge in [-0.25, -0.2) is 13.8 Å². The Bertz CT molecular complexity index is 921. The first-order chi connectivity index (χ1) is 12.4. The molecule has 6 heteroatoms. The second-order valence-corrected chi connectivity index (χ2v) is 6.60. The number of oxazole rings is 1. The summed E-state index contributed by atoms with van der Waals surface area (Å²) in [5.41, 5.74) is 1.09. The maximum absolute atomic E-state index is 13.3. The van der Waals surface area contributed by atoms with Crippen molar-refractivity contribution in [2.75, 3.05) is 6.54 Å². The first-order valence-electron chi connectivity index (χ1n) is 8.11. The Morgan fingerprint density at radius 1 is 1.12 bits per heavy atom. The van der Waals surface area contributed by atoms with E-state index in [9.17, 15) is 13.6 Å². The largest absolute Gasteiger partial charge is 0.444 e. The van der Waals surface area contributed by atoms with Gasteiger partial charge in [-0.15, -0.1) is 0 Å². The summed E-state index contributed by atoms with van der Waals surface area (Å²) < 4.78 is 31.8. The van der Waals surface area contributed by atoms with Gasteiger partial charge < -0.3 is 9.73 Å². The molecule has 0 saturated heterocycles. The molecule has 26 heavy (non-hydrogen) atoms. The van der Waals surface area contributed by atoms with Crippen molar-refractivity contribution in [3.63, 3.8) is 0 Å². The van der Waals surface area contributed by atoms with E-state index in [1.54, 1.807) is 6.26 Å². The van der Waals surface area contributed by atoms with Crippen LogP contribution in [-0.2, 0) is 5.41 Å². The number of nitrogens with one attached hydrogen (secondary N) is 1. The smallest absolute Gasteiger partial charge is 0.251 e. The molecule has 0 aliphatic rings. The number of carbonyl (C=O) groups is 1. The fourth-order valence-corrected chi connectivity index (χ4v) is 2.43. The molecule has 0 aliphatic heterocycles. The van der Waals surface area contributed by atoms with Crippen molar-refractivity contribution in [2.45, 2.75) is 19.3 Å². The second-order valence-electron chi connectivity index (χ2n) is 6.60. The lowest BCUT2D eigenvalue weighted by Gasteiger charge is -2.22.